The molecule has 1 aliphatic carbocycles. The van der Waals surface area contributed by atoms with Crippen LogP contribution in [-0.4, -0.2) is 36.2 Å². The molecule has 0 aromatic heterocycles. The number of benzene rings is 2. The van der Waals surface area contributed by atoms with Crippen molar-refractivity contribution in [1.29, 1.82) is 0 Å². The van der Waals surface area contributed by atoms with E-state index in [0.717, 1.165) is 4.90 Å². The van der Waals surface area contributed by atoms with Crippen LogP contribution in [0.2, 0.25) is 5.02 Å². The molecule has 4 rings (SSSR count). The van der Waals surface area contributed by atoms with Gasteiger partial charge in [-0.15, -0.1) is 0 Å². The number of esters is 1. The maximum atomic E-state index is 12.8. The number of allylic oxidation sites excluding steroid dienone is 2. The molecule has 2 aromatic carbocycles. The zero-order valence-corrected chi connectivity index (χ0v) is 18.6. The second-order valence-electron chi connectivity index (χ2n) is 7.80. The predicted molar refractivity (Wildman–Crippen MR) is 122 cm³/mol. The summed E-state index contributed by atoms with van der Waals surface area (Å²) in [5.74, 6) is -3.51. The molecule has 174 valence electrons. The fourth-order valence-corrected chi connectivity index (χ4v) is 4.00. The van der Waals surface area contributed by atoms with Crippen molar-refractivity contribution in [2.75, 3.05) is 11.5 Å². The Morgan fingerprint density at radius 1 is 0.912 bits per heavy atom. The fraction of sp³-hybridized carbons (Fsp3) is 0.208. The first kappa shape index (κ1) is 23.2. The molecule has 0 radical (unpaired) electrons. The first-order chi connectivity index (χ1) is 16.3. The number of carbonyl (C=O) groups excluding carboxylic acids is 5. The molecule has 1 aliphatic heterocycles. The largest absolute Gasteiger partial charge is 0.452 e. The molecule has 2 atom stereocenters. The van der Waals surface area contributed by atoms with Gasteiger partial charge in [0.25, 0.3) is 11.8 Å². The Kier molecular flexibility index (Phi) is 6.74. The lowest BCUT2D eigenvalue weighted by molar-refractivity contribution is -0.125. The fourth-order valence-electron chi connectivity index (χ4n) is 3.88. The number of anilines is 1. The van der Waals surface area contributed by atoms with Crippen molar-refractivity contribution >= 4 is 46.9 Å². The van der Waals surface area contributed by atoms with E-state index in [4.69, 9.17) is 16.3 Å². The number of amides is 4. The van der Waals surface area contributed by atoms with Gasteiger partial charge in [-0.25, -0.2) is 4.79 Å². The third-order valence-electron chi connectivity index (χ3n) is 5.60. The Morgan fingerprint density at radius 2 is 1.56 bits per heavy atom. The summed E-state index contributed by atoms with van der Waals surface area (Å²) < 4.78 is 4.99. The molecule has 2 N–H and O–H groups in total. The molecular formula is C24H20ClN3O6. The van der Waals surface area contributed by atoms with Gasteiger partial charge >= 0.3 is 5.97 Å². The molecule has 34 heavy (non-hydrogen) atoms. The summed E-state index contributed by atoms with van der Waals surface area (Å²) in [5.41, 5.74) is 4.98. The summed E-state index contributed by atoms with van der Waals surface area (Å²) >= 11 is 5.77. The van der Waals surface area contributed by atoms with Gasteiger partial charge in [0.2, 0.25) is 11.8 Å². The highest BCUT2D eigenvalue weighted by molar-refractivity contribution is 6.30. The smallest absolute Gasteiger partial charge is 0.338 e. The summed E-state index contributed by atoms with van der Waals surface area (Å²) in [7, 11) is 0. The molecule has 0 bridgehead atoms. The number of hydrogen-bond donors (Lipinski definition) is 2. The third kappa shape index (κ3) is 4.84. The van der Waals surface area contributed by atoms with Crippen molar-refractivity contribution < 1.29 is 28.7 Å². The standard InChI is InChI=1S/C24H20ClN3O6/c25-16-10-8-14(9-11-16)21(30)27-26-20(29)13-34-24(33)15-4-3-5-17(12-15)28-22(31)18-6-1-2-7-19(18)23(28)32/h1-5,8-12,18-19H,6-7,13H2,(H,26,29)(H,27,30)/t18-,19-/m0/s1. The lowest BCUT2D eigenvalue weighted by Crippen LogP contribution is -2.43. The number of ether oxygens (including phenoxy) is 1. The van der Waals surface area contributed by atoms with Gasteiger partial charge in [-0.05, 0) is 55.3 Å². The third-order valence-corrected chi connectivity index (χ3v) is 5.86. The quantitative estimate of drug-likeness (QED) is 0.293. The Hall–Kier alpha value is -3.98. The van der Waals surface area contributed by atoms with Crippen molar-refractivity contribution in [1.82, 2.24) is 10.9 Å². The highest BCUT2D eigenvalue weighted by atomic mass is 35.5. The van der Waals surface area contributed by atoms with E-state index >= 15 is 0 Å². The first-order valence-corrected chi connectivity index (χ1v) is 10.9. The van der Waals surface area contributed by atoms with E-state index in [2.05, 4.69) is 10.9 Å². The maximum Gasteiger partial charge on any atom is 0.338 e. The van der Waals surface area contributed by atoms with Gasteiger partial charge in [0.05, 0.1) is 23.1 Å². The SMILES string of the molecule is O=C(COC(=O)c1cccc(N2C(=O)[C@H]3CC=CC[C@@H]3C2=O)c1)NNC(=O)c1ccc(Cl)cc1. The van der Waals surface area contributed by atoms with Gasteiger partial charge in [0.1, 0.15) is 0 Å². The van der Waals surface area contributed by atoms with E-state index in [-0.39, 0.29) is 40.5 Å². The molecule has 1 fully saturated rings. The molecule has 1 heterocycles. The van der Waals surface area contributed by atoms with E-state index in [1.54, 1.807) is 6.07 Å². The molecule has 0 saturated carbocycles. The van der Waals surface area contributed by atoms with Crippen molar-refractivity contribution in [2.45, 2.75) is 12.8 Å². The van der Waals surface area contributed by atoms with Crippen LogP contribution in [0.15, 0.2) is 60.7 Å². The zero-order valence-electron chi connectivity index (χ0n) is 17.8. The Balaban J connectivity index is 1.32. The summed E-state index contributed by atoms with van der Waals surface area (Å²) in [5, 5.41) is 0.463. The summed E-state index contributed by atoms with van der Waals surface area (Å²) in [4.78, 5) is 63.0. The molecular weight excluding hydrogens is 462 g/mol. The lowest BCUT2D eigenvalue weighted by atomic mass is 9.85. The highest BCUT2D eigenvalue weighted by Crippen LogP contribution is 2.37. The zero-order chi connectivity index (χ0) is 24.2. The van der Waals surface area contributed by atoms with Gasteiger partial charge in [0.15, 0.2) is 6.61 Å². The van der Waals surface area contributed by atoms with Gasteiger partial charge < -0.3 is 4.74 Å². The number of nitrogens with one attached hydrogen (secondary N) is 2. The second kappa shape index (κ2) is 9.88. The average molecular weight is 482 g/mol. The van der Waals surface area contributed by atoms with E-state index in [0.29, 0.717) is 17.9 Å². The van der Waals surface area contributed by atoms with Crippen molar-refractivity contribution in [3.63, 3.8) is 0 Å². The number of fused-ring (bicyclic) bond motifs is 1. The monoisotopic (exact) mass is 481 g/mol. The van der Waals surface area contributed by atoms with Crippen LogP contribution in [-0.2, 0) is 19.1 Å². The molecule has 4 amide bonds. The molecule has 10 heteroatoms. The minimum atomic E-state index is -0.820. The number of nitrogens with zero attached hydrogens (tertiary/aromatic N) is 1. The van der Waals surface area contributed by atoms with Crippen LogP contribution < -0.4 is 15.8 Å². The topological polar surface area (TPSA) is 122 Å². The molecule has 0 spiro atoms. The van der Waals surface area contributed by atoms with Crippen LogP contribution in [0.5, 0.6) is 0 Å². The summed E-state index contributed by atoms with van der Waals surface area (Å²) in [6, 6.07) is 11.9. The maximum absolute atomic E-state index is 12.8. The average Bonchev–Trinajstić information content (AvgIpc) is 3.11. The van der Waals surface area contributed by atoms with E-state index in [1.807, 2.05) is 12.2 Å². The summed E-state index contributed by atoms with van der Waals surface area (Å²) in [6.07, 6.45) is 4.81. The molecule has 9 nitrogen and oxygen atoms in total. The van der Waals surface area contributed by atoms with Crippen LogP contribution in [0.1, 0.15) is 33.6 Å². The van der Waals surface area contributed by atoms with Crippen molar-refractivity contribution in [3.8, 4) is 0 Å². The molecule has 2 aliphatic rings. The highest BCUT2D eigenvalue weighted by Gasteiger charge is 2.47. The second-order valence-corrected chi connectivity index (χ2v) is 8.24. The van der Waals surface area contributed by atoms with Crippen LogP contribution in [0.3, 0.4) is 0 Å². The van der Waals surface area contributed by atoms with Crippen LogP contribution in [0.25, 0.3) is 0 Å². The Bertz CT molecular complexity index is 1170. The molecule has 1 saturated heterocycles. The van der Waals surface area contributed by atoms with E-state index in [1.165, 1.54) is 42.5 Å². The molecule has 2 aromatic rings. The Morgan fingerprint density at radius 3 is 2.21 bits per heavy atom. The molecule has 0 unspecified atom stereocenters. The number of imide groups is 1. The first-order valence-electron chi connectivity index (χ1n) is 10.5. The van der Waals surface area contributed by atoms with Crippen LogP contribution >= 0.6 is 11.6 Å². The Labute approximate surface area is 199 Å². The van der Waals surface area contributed by atoms with Crippen LogP contribution in [0, 0.1) is 11.8 Å². The van der Waals surface area contributed by atoms with E-state index < -0.39 is 24.4 Å². The van der Waals surface area contributed by atoms with Crippen molar-refractivity contribution in [2.24, 2.45) is 11.8 Å². The van der Waals surface area contributed by atoms with E-state index in [9.17, 15) is 24.0 Å². The number of carbonyl (C=O) groups is 5. The van der Waals surface area contributed by atoms with Crippen LogP contribution in [0.4, 0.5) is 5.69 Å². The lowest BCUT2D eigenvalue weighted by Gasteiger charge is -2.15. The minimum absolute atomic E-state index is 0.0732. The minimum Gasteiger partial charge on any atom is -0.452 e. The van der Waals surface area contributed by atoms with Gasteiger partial charge in [0, 0.05) is 10.6 Å². The number of halogens is 1. The summed E-state index contributed by atoms with van der Waals surface area (Å²) in [6.45, 7) is -0.651. The van der Waals surface area contributed by atoms with Gasteiger partial charge in [-0.3, -0.25) is 34.9 Å². The predicted octanol–water partition coefficient (Wildman–Crippen LogP) is 2.41. The van der Waals surface area contributed by atoms with Gasteiger partial charge in [-0.2, -0.15) is 0 Å². The number of hydrazine groups is 1. The number of hydrogen-bond acceptors (Lipinski definition) is 6. The normalized spacial score (nSPS) is 18.9. The van der Waals surface area contributed by atoms with Gasteiger partial charge in [-0.1, -0.05) is 29.8 Å². The van der Waals surface area contributed by atoms with Crippen molar-refractivity contribution in [3.05, 3.63) is 76.8 Å². The number of rotatable bonds is 5.